The van der Waals surface area contributed by atoms with Crippen LogP contribution in [0.3, 0.4) is 0 Å². The van der Waals surface area contributed by atoms with E-state index in [4.69, 9.17) is 24.8 Å². The topological polar surface area (TPSA) is 157 Å². The average Bonchev–Trinajstić information content (AvgIpc) is 2.37. The SMILES string of the molecule is O=C(O)C[C@@H](CO)O[C@@H]1O[C@H](CO)[C@@H](O)[C@H](O)[C@H]1O. The maximum Gasteiger partial charge on any atom is 0.306 e. The molecule has 6 N–H and O–H groups in total. The highest BCUT2D eigenvalue weighted by molar-refractivity contribution is 5.67. The molecule has 1 aliphatic heterocycles. The number of carbonyl (C=O) groups is 1. The van der Waals surface area contributed by atoms with Gasteiger partial charge in [0.25, 0.3) is 0 Å². The molecule has 0 aromatic rings. The minimum absolute atomic E-state index is 0.522. The number of carboxylic acid groups (broad SMARTS) is 1. The number of carboxylic acids is 1. The zero-order chi connectivity index (χ0) is 14.6. The van der Waals surface area contributed by atoms with Gasteiger partial charge in [-0.3, -0.25) is 4.79 Å². The molecule has 0 bridgehead atoms. The van der Waals surface area contributed by atoms with Gasteiger partial charge in [0.05, 0.1) is 25.7 Å². The van der Waals surface area contributed by atoms with Crippen molar-refractivity contribution in [3.63, 3.8) is 0 Å². The van der Waals surface area contributed by atoms with Crippen LogP contribution in [-0.4, -0.2) is 86.6 Å². The molecule has 9 heteroatoms. The lowest BCUT2D eigenvalue weighted by molar-refractivity contribution is -0.313. The Kier molecular flexibility index (Phi) is 6.07. The molecule has 1 saturated heterocycles. The molecule has 112 valence electrons. The molecule has 0 radical (unpaired) electrons. The van der Waals surface area contributed by atoms with Crippen LogP contribution in [0.2, 0.25) is 0 Å². The third-order valence-corrected chi connectivity index (χ3v) is 2.78. The third kappa shape index (κ3) is 4.08. The first-order chi connectivity index (χ1) is 8.90. The molecule has 6 atom stereocenters. The average molecular weight is 282 g/mol. The van der Waals surface area contributed by atoms with Crippen LogP contribution >= 0.6 is 0 Å². The summed E-state index contributed by atoms with van der Waals surface area (Å²) >= 11 is 0. The number of ether oxygens (including phenoxy) is 2. The number of aliphatic hydroxyl groups excluding tert-OH is 5. The molecule has 0 unspecified atom stereocenters. The summed E-state index contributed by atoms with van der Waals surface area (Å²) in [7, 11) is 0. The number of aliphatic carboxylic acids is 1. The van der Waals surface area contributed by atoms with Crippen LogP contribution in [-0.2, 0) is 14.3 Å². The van der Waals surface area contributed by atoms with Gasteiger partial charge in [0, 0.05) is 0 Å². The minimum Gasteiger partial charge on any atom is -0.481 e. The van der Waals surface area contributed by atoms with Crippen molar-refractivity contribution in [3.8, 4) is 0 Å². The Balaban J connectivity index is 2.67. The molecule has 1 aliphatic rings. The summed E-state index contributed by atoms with van der Waals surface area (Å²) in [5.41, 5.74) is 0. The quantitative estimate of drug-likeness (QED) is 0.292. The molecule has 0 amide bonds. The second kappa shape index (κ2) is 7.10. The van der Waals surface area contributed by atoms with E-state index in [1.54, 1.807) is 0 Å². The summed E-state index contributed by atoms with van der Waals surface area (Å²) in [6, 6.07) is 0. The standard InChI is InChI=1S/C10H18O9/c11-2-4(1-6(13)14)18-10-9(17)8(16)7(15)5(3-12)19-10/h4-5,7-12,15-17H,1-3H2,(H,13,14)/t4-,5+,7+,8-,9+,10+/m0/s1. The third-order valence-electron chi connectivity index (χ3n) is 2.78. The van der Waals surface area contributed by atoms with Crippen LogP contribution < -0.4 is 0 Å². The Morgan fingerprint density at radius 2 is 1.79 bits per heavy atom. The van der Waals surface area contributed by atoms with E-state index in [9.17, 15) is 20.1 Å². The molecular formula is C10H18O9. The highest BCUT2D eigenvalue weighted by Crippen LogP contribution is 2.23. The zero-order valence-corrected chi connectivity index (χ0v) is 9.99. The fourth-order valence-corrected chi connectivity index (χ4v) is 1.72. The molecule has 1 heterocycles. The molecule has 0 spiro atoms. The Hall–Kier alpha value is -0.810. The van der Waals surface area contributed by atoms with Crippen molar-refractivity contribution in [2.24, 2.45) is 0 Å². The van der Waals surface area contributed by atoms with Crippen LogP contribution in [0.1, 0.15) is 6.42 Å². The van der Waals surface area contributed by atoms with Crippen molar-refractivity contribution in [1.29, 1.82) is 0 Å². The number of hydrogen-bond donors (Lipinski definition) is 6. The highest BCUT2D eigenvalue weighted by atomic mass is 16.7. The second-order valence-electron chi connectivity index (χ2n) is 4.24. The Morgan fingerprint density at radius 3 is 2.26 bits per heavy atom. The van der Waals surface area contributed by atoms with Crippen molar-refractivity contribution < 1.29 is 44.9 Å². The van der Waals surface area contributed by atoms with Gasteiger partial charge in [0.1, 0.15) is 24.4 Å². The Morgan fingerprint density at radius 1 is 1.16 bits per heavy atom. The molecule has 0 aliphatic carbocycles. The van der Waals surface area contributed by atoms with Crippen LogP contribution in [0.15, 0.2) is 0 Å². The summed E-state index contributed by atoms with van der Waals surface area (Å²) in [5.74, 6) is -1.22. The summed E-state index contributed by atoms with van der Waals surface area (Å²) in [6.45, 7) is -1.24. The van der Waals surface area contributed by atoms with Crippen molar-refractivity contribution in [2.75, 3.05) is 13.2 Å². The van der Waals surface area contributed by atoms with E-state index in [-0.39, 0.29) is 0 Å². The van der Waals surface area contributed by atoms with E-state index in [0.717, 1.165) is 0 Å². The van der Waals surface area contributed by atoms with Crippen LogP contribution in [0.4, 0.5) is 0 Å². The van der Waals surface area contributed by atoms with E-state index < -0.39 is 62.4 Å². The van der Waals surface area contributed by atoms with Crippen LogP contribution in [0, 0.1) is 0 Å². The number of aliphatic hydroxyl groups is 5. The van der Waals surface area contributed by atoms with Gasteiger partial charge in [0.2, 0.25) is 0 Å². The highest BCUT2D eigenvalue weighted by Gasteiger charge is 2.44. The summed E-state index contributed by atoms with van der Waals surface area (Å²) in [6.07, 6.45) is -9.02. The lowest BCUT2D eigenvalue weighted by Gasteiger charge is -2.40. The minimum atomic E-state index is -1.62. The summed E-state index contributed by atoms with van der Waals surface area (Å²) in [4.78, 5) is 10.5. The summed E-state index contributed by atoms with van der Waals surface area (Å²) in [5, 5.41) is 55.1. The van der Waals surface area contributed by atoms with Crippen LogP contribution in [0.25, 0.3) is 0 Å². The van der Waals surface area contributed by atoms with Gasteiger partial charge in [-0.1, -0.05) is 0 Å². The van der Waals surface area contributed by atoms with Crippen molar-refractivity contribution in [3.05, 3.63) is 0 Å². The van der Waals surface area contributed by atoms with Gasteiger partial charge in [-0.25, -0.2) is 0 Å². The molecule has 0 aromatic carbocycles. The van der Waals surface area contributed by atoms with Gasteiger partial charge in [0.15, 0.2) is 6.29 Å². The zero-order valence-electron chi connectivity index (χ0n) is 9.99. The lowest BCUT2D eigenvalue weighted by Crippen LogP contribution is -2.59. The fourth-order valence-electron chi connectivity index (χ4n) is 1.72. The van der Waals surface area contributed by atoms with E-state index in [0.29, 0.717) is 0 Å². The monoisotopic (exact) mass is 282 g/mol. The maximum absolute atomic E-state index is 10.5. The second-order valence-corrected chi connectivity index (χ2v) is 4.24. The molecule has 0 saturated carbocycles. The predicted molar refractivity (Wildman–Crippen MR) is 58.0 cm³/mol. The normalized spacial score (nSPS) is 37.0. The van der Waals surface area contributed by atoms with E-state index in [2.05, 4.69) is 0 Å². The van der Waals surface area contributed by atoms with E-state index in [1.165, 1.54) is 0 Å². The van der Waals surface area contributed by atoms with Gasteiger partial charge in [-0.15, -0.1) is 0 Å². The van der Waals surface area contributed by atoms with Crippen molar-refractivity contribution >= 4 is 5.97 Å². The van der Waals surface area contributed by atoms with Gasteiger partial charge in [-0.2, -0.15) is 0 Å². The molecule has 0 aromatic heterocycles. The molecular weight excluding hydrogens is 264 g/mol. The first-order valence-corrected chi connectivity index (χ1v) is 5.69. The first-order valence-electron chi connectivity index (χ1n) is 5.69. The number of hydrogen-bond acceptors (Lipinski definition) is 8. The number of rotatable bonds is 6. The molecule has 9 nitrogen and oxygen atoms in total. The van der Waals surface area contributed by atoms with Crippen LogP contribution in [0.5, 0.6) is 0 Å². The molecule has 19 heavy (non-hydrogen) atoms. The van der Waals surface area contributed by atoms with Gasteiger partial charge in [-0.05, 0) is 0 Å². The van der Waals surface area contributed by atoms with Gasteiger partial charge >= 0.3 is 5.97 Å². The first kappa shape index (κ1) is 16.2. The van der Waals surface area contributed by atoms with E-state index >= 15 is 0 Å². The fraction of sp³-hybridized carbons (Fsp3) is 0.900. The Labute approximate surface area is 108 Å². The molecule has 1 fully saturated rings. The Bertz CT molecular complexity index is 295. The molecule has 1 rings (SSSR count). The van der Waals surface area contributed by atoms with Gasteiger partial charge < -0.3 is 40.1 Å². The largest absolute Gasteiger partial charge is 0.481 e. The lowest BCUT2D eigenvalue weighted by atomic mass is 9.99. The van der Waals surface area contributed by atoms with Crippen molar-refractivity contribution in [2.45, 2.75) is 43.2 Å². The maximum atomic E-state index is 10.5. The predicted octanol–water partition coefficient (Wildman–Crippen LogP) is -3.36. The van der Waals surface area contributed by atoms with E-state index in [1.807, 2.05) is 0 Å². The summed E-state index contributed by atoms with van der Waals surface area (Å²) < 4.78 is 10.0. The smallest absolute Gasteiger partial charge is 0.306 e. The van der Waals surface area contributed by atoms with Crippen molar-refractivity contribution in [1.82, 2.24) is 0 Å².